The third kappa shape index (κ3) is 3.17. The van der Waals surface area contributed by atoms with Crippen molar-refractivity contribution in [1.29, 1.82) is 0 Å². The molecule has 2 aromatic rings. The van der Waals surface area contributed by atoms with Crippen LogP contribution in [0.4, 0.5) is 0 Å². The van der Waals surface area contributed by atoms with Crippen molar-refractivity contribution in [3.63, 3.8) is 0 Å². The van der Waals surface area contributed by atoms with E-state index in [0.717, 1.165) is 0 Å². The van der Waals surface area contributed by atoms with E-state index < -0.39 is 0 Å². The summed E-state index contributed by atoms with van der Waals surface area (Å²) in [7, 11) is 2.09. The first-order chi connectivity index (χ1) is 9.29. The van der Waals surface area contributed by atoms with Crippen molar-refractivity contribution in [3.8, 4) is 0 Å². The Morgan fingerprint density at radius 3 is 2.25 bits per heavy atom. The quantitative estimate of drug-likeness (QED) is 0.734. The summed E-state index contributed by atoms with van der Waals surface area (Å²) in [6.07, 6.45) is 10.0. The van der Waals surface area contributed by atoms with Gasteiger partial charge in [-0.15, -0.1) is 0 Å². The summed E-state index contributed by atoms with van der Waals surface area (Å²) < 4.78 is 4.43. The van der Waals surface area contributed by atoms with Gasteiger partial charge in [-0.05, 0) is 54.9 Å². The van der Waals surface area contributed by atoms with Crippen molar-refractivity contribution in [2.45, 2.75) is 58.4 Å². The molecular formula is C18H28N2. The summed E-state index contributed by atoms with van der Waals surface area (Å²) in [5.41, 5.74) is 3.08. The van der Waals surface area contributed by atoms with Crippen LogP contribution in [0.15, 0.2) is 36.9 Å². The molecule has 1 atom stereocenters. The van der Waals surface area contributed by atoms with Gasteiger partial charge in [0.25, 0.3) is 0 Å². The SMILES string of the molecule is CC(CC(C)(C)c1ccn(C)c1)c1ccn(C(C)C)c1. The second-order valence-corrected chi connectivity index (χ2v) is 7.04. The van der Waals surface area contributed by atoms with Crippen molar-refractivity contribution in [3.05, 3.63) is 48.0 Å². The molecule has 2 rings (SSSR count). The molecule has 1 unspecified atom stereocenters. The first kappa shape index (κ1) is 15.0. The Balaban J connectivity index is 2.11. The lowest BCUT2D eigenvalue weighted by molar-refractivity contribution is 0.437. The van der Waals surface area contributed by atoms with Gasteiger partial charge < -0.3 is 9.13 Å². The van der Waals surface area contributed by atoms with Crippen LogP contribution in [0.2, 0.25) is 0 Å². The van der Waals surface area contributed by atoms with Crippen LogP contribution in [0.3, 0.4) is 0 Å². The maximum atomic E-state index is 2.35. The number of rotatable bonds is 5. The maximum Gasteiger partial charge on any atom is 0.0274 e. The molecule has 0 bridgehead atoms. The number of aryl methyl sites for hydroxylation is 1. The molecule has 0 aromatic carbocycles. The molecule has 0 amide bonds. The second kappa shape index (κ2) is 5.51. The summed E-state index contributed by atoms with van der Waals surface area (Å²) in [5.74, 6) is 0.574. The van der Waals surface area contributed by atoms with Gasteiger partial charge in [0, 0.05) is 37.9 Å². The highest BCUT2D eigenvalue weighted by atomic mass is 15.0. The van der Waals surface area contributed by atoms with E-state index in [1.807, 2.05) is 0 Å². The van der Waals surface area contributed by atoms with Crippen LogP contribution in [-0.2, 0) is 12.5 Å². The van der Waals surface area contributed by atoms with Gasteiger partial charge in [0.1, 0.15) is 0 Å². The van der Waals surface area contributed by atoms with E-state index >= 15 is 0 Å². The molecule has 0 fully saturated rings. The van der Waals surface area contributed by atoms with Crippen molar-refractivity contribution < 1.29 is 0 Å². The fraction of sp³-hybridized carbons (Fsp3) is 0.556. The normalized spacial score (nSPS) is 13.9. The van der Waals surface area contributed by atoms with Crippen molar-refractivity contribution in [2.24, 2.45) is 7.05 Å². The van der Waals surface area contributed by atoms with E-state index in [0.29, 0.717) is 12.0 Å². The zero-order valence-electron chi connectivity index (χ0n) is 13.7. The third-order valence-electron chi connectivity index (χ3n) is 4.33. The smallest absolute Gasteiger partial charge is 0.0274 e. The Kier molecular flexibility index (Phi) is 4.12. The second-order valence-electron chi connectivity index (χ2n) is 7.04. The molecule has 0 aliphatic carbocycles. The van der Waals surface area contributed by atoms with Crippen molar-refractivity contribution >= 4 is 0 Å². The highest BCUT2D eigenvalue weighted by Gasteiger charge is 2.25. The highest BCUT2D eigenvalue weighted by Crippen LogP contribution is 2.35. The number of hydrogen-bond acceptors (Lipinski definition) is 0. The predicted molar refractivity (Wildman–Crippen MR) is 86.3 cm³/mol. The van der Waals surface area contributed by atoms with E-state index in [9.17, 15) is 0 Å². The molecular weight excluding hydrogens is 244 g/mol. The molecule has 2 heterocycles. The molecule has 0 radical (unpaired) electrons. The molecule has 0 N–H and O–H groups in total. The zero-order chi connectivity index (χ0) is 14.9. The minimum absolute atomic E-state index is 0.209. The predicted octanol–water partition coefficient (Wildman–Crippen LogP) is 4.88. The van der Waals surface area contributed by atoms with Crippen molar-refractivity contribution in [1.82, 2.24) is 9.13 Å². The lowest BCUT2D eigenvalue weighted by Gasteiger charge is -2.27. The topological polar surface area (TPSA) is 9.86 Å². The largest absolute Gasteiger partial charge is 0.357 e. The summed E-state index contributed by atoms with van der Waals surface area (Å²) in [5, 5.41) is 0. The molecule has 2 aromatic heterocycles. The molecule has 0 saturated carbocycles. The van der Waals surface area contributed by atoms with E-state index in [1.165, 1.54) is 17.5 Å². The van der Waals surface area contributed by atoms with Crippen LogP contribution in [0.25, 0.3) is 0 Å². The van der Waals surface area contributed by atoms with Crippen LogP contribution in [0.1, 0.15) is 64.1 Å². The van der Waals surface area contributed by atoms with Crippen LogP contribution in [0, 0.1) is 0 Å². The van der Waals surface area contributed by atoms with Gasteiger partial charge in [0.15, 0.2) is 0 Å². The molecule has 110 valence electrons. The van der Waals surface area contributed by atoms with E-state index in [1.54, 1.807) is 0 Å². The fourth-order valence-electron chi connectivity index (χ4n) is 2.95. The first-order valence-corrected chi connectivity index (χ1v) is 7.59. The standard InChI is InChI=1S/C18H28N2/c1-14(2)20-10-7-16(12-20)15(3)11-18(4,5)17-8-9-19(6)13-17/h7-10,12-15H,11H2,1-6H3. The average Bonchev–Trinajstić information content (AvgIpc) is 2.96. The van der Waals surface area contributed by atoms with E-state index in [2.05, 4.69) is 87.7 Å². The highest BCUT2D eigenvalue weighted by molar-refractivity contribution is 5.24. The molecule has 2 nitrogen and oxygen atoms in total. The Morgan fingerprint density at radius 2 is 1.75 bits per heavy atom. The van der Waals surface area contributed by atoms with Crippen LogP contribution >= 0.6 is 0 Å². The summed E-state index contributed by atoms with van der Waals surface area (Å²) in [6, 6.07) is 5.05. The monoisotopic (exact) mass is 272 g/mol. The molecule has 0 spiro atoms. The molecule has 0 aliphatic heterocycles. The minimum Gasteiger partial charge on any atom is -0.357 e. The average molecular weight is 272 g/mol. The van der Waals surface area contributed by atoms with Crippen LogP contribution in [-0.4, -0.2) is 9.13 Å². The van der Waals surface area contributed by atoms with Gasteiger partial charge in [0.2, 0.25) is 0 Å². The summed E-state index contributed by atoms with van der Waals surface area (Å²) in [4.78, 5) is 0. The summed E-state index contributed by atoms with van der Waals surface area (Å²) >= 11 is 0. The molecule has 20 heavy (non-hydrogen) atoms. The number of aromatic nitrogens is 2. The zero-order valence-corrected chi connectivity index (χ0v) is 13.7. The van der Waals surface area contributed by atoms with Gasteiger partial charge in [0.05, 0.1) is 0 Å². The molecule has 0 saturated heterocycles. The van der Waals surface area contributed by atoms with Gasteiger partial charge in [-0.25, -0.2) is 0 Å². The number of nitrogens with zero attached hydrogens (tertiary/aromatic N) is 2. The maximum absolute atomic E-state index is 2.35. The third-order valence-corrected chi connectivity index (χ3v) is 4.33. The van der Waals surface area contributed by atoms with Crippen LogP contribution < -0.4 is 0 Å². The number of hydrogen-bond donors (Lipinski definition) is 0. The lowest BCUT2D eigenvalue weighted by Crippen LogP contribution is -2.19. The van der Waals surface area contributed by atoms with Gasteiger partial charge >= 0.3 is 0 Å². The lowest BCUT2D eigenvalue weighted by atomic mass is 9.77. The Hall–Kier alpha value is -1.44. The van der Waals surface area contributed by atoms with Crippen LogP contribution in [0.5, 0.6) is 0 Å². The van der Waals surface area contributed by atoms with Gasteiger partial charge in [-0.1, -0.05) is 20.8 Å². The fourth-order valence-corrected chi connectivity index (χ4v) is 2.95. The molecule has 2 heteroatoms. The van der Waals surface area contributed by atoms with Crippen molar-refractivity contribution in [2.75, 3.05) is 0 Å². The summed E-state index contributed by atoms with van der Waals surface area (Å²) in [6.45, 7) is 11.5. The molecule has 0 aliphatic rings. The Morgan fingerprint density at radius 1 is 1.05 bits per heavy atom. The Bertz CT molecular complexity index is 557. The van der Waals surface area contributed by atoms with Gasteiger partial charge in [-0.2, -0.15) is 0 Å². The van der Waals surface area contributed by atoms with E-state index in [-0.39, 0.29) is 5.41 Å². The minimum atomic E-state index is 0.209. The van der Waals surface area contributed by atoms with Gasteiger partial charge in [-0.3, -0.25) is 0 Å². The van der Waals surface area contributed by atoms with E-state index in [4.69, 9.17) is 0 Å². The Labute approximate surface area is 123 Å². The first-order valence-electron chi connectivity index (χ1n) is 7.59.